The standard InChI is InChI=1S/C15H22BrNOS/c1-11-5-4-7-15(10-11,17(2)3)14(18)9-13-12(16)6-8-19-13/h6,8,11H,4-5,7,9-10H2,1-3H3. The van der Waals surface area contributed by atoms with Crippen LogP contribution in [0.3, 0.4) is 0 Å². The summed E-state index contributed by atoms with van der Waals surface area (Å²) in [5, 5.41) is 2.04. The first-order valence-corrected chi connectivity index (χ1v) is 8.55. The molecule has 1 aromatic heterocycles. The van der Waals surface area contributed by atoms with Crippen LogP contribution in [0.4, 0.5) is 0 Å². The lowest BCUT2D eigenvalue weighted by molar-refractivity contribution is -0.132. The zero-order valence-electron chi connectivity index (χ0n) is 11.9. The van der Waals surface area contributed by atoms with Gasteiger partial charge >= 0.3 is 0 Å². The van der Waals surface area contributed by atoms with Crippen molar-refractivity contribution in [3.05, 3.63) is 20.8 Å². The number of hydrogen-bond donors (Lipinski definition) is 0. The number of likely N-dealkylation sites (N-methyl/N-ethyl adjacent to an activating group) is 1. The van der Waals surface area contributed by atoms with Gasteiger partial charge in [0.05, 0.1) is 5.54 Å². The summed E-state index contributed by atoms with van der Waals surface area (Å²) in [6.07, 6.45) is 4.99. The topological polar surface area (TPSA) is 20.3 Å². The number of Topliss-reactive ketones (excluding diaryl/α,β-unsaturated/α-hetero) is 1. The third-order valence-corrected chi connectivity index (χ3v) is 6.29. The Labute approximate surface area is 128 Å². The number of ketones is 1. The summed E-state index contributed by atoms with van der Waals surface area (Å²) in [7, 11) is 4.11. The fourth-order valence-electron chi connectivity index (χ4n) is 3.19. The van der Waals surface area contributed by atoms with Gasteiger partial charge in [0, 0.05) is 15.8 Å². The summed E-state index contributed by atoms with van der Waals surface area (Å²) in [6.45, 7) is 2.27. The van der Waals surface area contributed by atoms with E-state index >= 15 is 0 Å². The number of hydrogen-bond acceptors (Lipinski definition) is 3. The van der Waals surface area contributed by atoms with Gasteiger partial charge in [-0.1, -0.05) is 19.8 Å². The van der Waals surface area contributed by atoms with Crippen molar-refractivity contribution in [2.75, 3.05) is 14.1 Å². The van der Waals surface area contributed by atoms with Crippen LogP contribution in [-0.4, -0.2) is 30.3 Å². The second kappa shape index (κ2) is 6.06. The summed E-state index contributed by atoms with van der Waals surface area (Å²) >= 11 is 5.20. The Morgan fingerprint density at radius 2 is 2.32 bits per heavy atom. The molecule has 2 atom stereocenters. The molecular weight excluding hydrogens is 322 g/mol. The molecule has 1 heterocycles. The van der Waals surface area contributed by atoms with E-state index in [1.807, 2.05) is 11.4 Å². The zero-order valence-corrected chi connectivity index (χ0v) is 14.3. The molecule has 2 nitrogen and oxygen atoms in total. The van der Waals surface area contributed by atoms with E-state index in [1.165, 1.54) is 6.42 Å². The molecule has 1 aromatic rings. The molecule has 0 amide bonds. The van der Waals surface area contributed by atoms with Crippen LogP contribution in [0.1, 0.15) is 37.5 Å². The predicted molar refractivity (Wildman–Crippen MR) is 84.8 cm³/mol. The van der Waals surface area contributed by atoms with Gasteiger partial charge in [0.2, 0.25) is 0 Å². The number of halogens is 1. The molecule has 2 unspecified atom stereocenters. The molecule has 0 aliphatic heterocycles. The molecule has 1 aliphatic carbocycles. The molecule has 1 fully saturated rings. The van der Waals surface area contributed by atoms with Crippen LogP contribution in [0.15, 0.2) is 15.9 Å². The van der Waals surface area contributed by atoms with Crippen molar-refractivity contribution in [1.29, 1.82) is 0 Å². The summed E-state index contributed by atoms with van der Waals surface area (Å²) in [4.78, 5) is 16.2. The van der Waals surface area contributed by atoms with E-state index < -0.39 is 0 Å². The highest BCUT2D eigenvalue weighted by molar-refractivity contribution is 9.10. The Morgan fingerprint density at radius 1 is 1.58 bits per heavy atom. The van der Waals surface area contributed by atoms with Gasteiger partial charge in [0.25, 0.3) is 0 Å². The second-order valence-electron chi connectivity index (χ2n) is 5.92. The Hall–Kier alpha value is -0.190. The SMILES string of the molecule is CC1CCCC(C(=O)Cc2sccc2Br)(N(C)C)C1. The summed E-state index contributed by atoms with van der Waals surface area (Å²) in [6, 6.07) is 2.03. The van der Waals surface area contributed by atoms with Crippen LogP contribution in [0.5, 0.6) is 0 Å². The van der Waals surface area contributed by atoms with Gasteiger partial charge in [-0.3, -0.25) is 9.69 Å². The van der Waals surface area contributed by atoms with Gasteiger partial charge in [-0.15, -0.1) is 11.3 Å². The van der Waals surface area contributed by atoms with Crippen LogP contribution in [0.25, 0.3) is 0 Å². The summed E-state index contributed by atoms with van der Waals surface area (Å²) in [5.74, 6) is 1.03. The first-order valence-electron chi connectivity index (χ1n) is 6.88. The molecule has 106 valence electrons. The van der Waals surface area contributed by atoms with Crippen molar-refractivity contribution in [2.45, 2.75) is 44.6 Å². The van der Waals surface area contributed by atoms with E-state index in [0.717, 1.165) is 28.6 Å². The van der Waals surface area contributed by atoms with Crippen LogP contribution < -0.4 is 0 Å². The third kappa shape index (κ3) is 3.11. The monoisotopic (exact) mass is 343 g/mol. The quantitative estimate of drug-likeness (QED) is 0.818. The molecule has 1 saturated carbocycles. The molecule has 0 aromatic carbocycles. The molecule has 4 heteroatoms. The van der Waals surface area contributed by atoms with Gasteiger partial charge in [0.1, 0.15) is 0 Å². The van der Waals surface area contributed by atoms with Crippen LogP contribution >= 0.6 is 27.3 Å². The molecule has 2 rings (SSSR count). The molecular formula is C15H22BrNOS. The number of nitrogens with zero attached hydrogens (tertiary/aromatic N) is 1. The predicted octanol–water partition coefficient (Wildman–Crippen LogP) is 4.13. The highest BCUT2D eigenvalue weighted by Crippen LogP contribution is 2.38. The minimum absolute atomic E-state index is 0.249. The Bertz CT molecular complexity index is 457. The fraction of sp³-hybridized carbons (Fsp3) is 0.667. The average molecular weight is 344 g/mol. The summed E-state index contributed by atoms with van der Waals surface area (Å²) < 4.78 is 1.07. The number of carbonyl (C=O) groups is 1. The highest BCUT2D eigenvalue weighted by Gasteiger charge is 2.43. The van der Waals surface area contributed by atoms with E-state index in [9.17, 15) is 4.79 Å². The number of thiophene rings is 1. The third-order valence-electron chi connectivity index (χ3n) is 4.36. The van der Waals surface area contributed by atoms with Crippen molar-refractivity contribution in [2.24, 2.45) is 5.92 Å². The van der Waals surface area contributed by atoms with Crippen molar-refractivity contribution in [1.82, 2.24) is 4.90 Å². The minimum Gasteiger partial charge on any atom is -0.297 e. The Morgan fingerprint density at radius 3 is 2.84 bits per heavy atom. The van der Waals surface area contributed by atoms with Gasteiger partial charge in [0.15, 0.2) is 5.78 Å². The lowest BCUT2D eigenvalue weighted by Crippen LogP contribution is -2.54. The van der Waals surface area contributed by atoms with Gasteiger partial charge < -0.3 is 0 Å². The van der Waals surface area contributed by atoms with Gasteiger partial charge in [-0.25, -0.2) is 0 Å². The number of rotatable bonds is 4. The van der Waals surface area contributed by atoms with Crippen molar-refractivity contribution >= 4 is 33.0 Å². The Balaban J connectivity index is 2.19. The first kappa shape index (κ1) is 15.2. The molecule has 0 saturated heterocycles. The molecule has 19 heavy (non-hydrogen) atoms. The van der Waals surface area contributed by atoms with E-state index in [4.69, 9.17) is 0 Å². The van der Waals surface area contributed by atoms with E-state index in [-0.39, 0.29) is 5.54 Å². The van der Waals surface area contributed by atoms with Crippen molar-refractivity contribution in [3.8, 4) is 0 Å². The van der Waals surface area contributed by atoms with Crippen LogP contribution in [0.2, 0.25) is 0 Å². The smallest absolute Gasteiger partial charge is 0.158 e. The molecule has 1 aliphatic rings. The lowest BCUT2D eigenvalue weighted by atomic mass is 9.72. The van der Waals surface area contributed by atoms with E-state index in [0.29, 0.717) is 18.1 Å². The normalized spacial score (nSPS) is 27.7. The average Bonchev–Trinajstić information content (AvgIpc) is 2.74. The van der Waals surface area contributed by atoms with Gasteiger partial charge in [-0.2, -0.15) is 0 Å². The number of carbonyl (C=O) groups excluding carboxylic acids is 1. The van der Waals surface area contributed by atoms with Crippen LogP contribution in [0, 0.1) is 5.92 Å². The van der Waals surface area contributed by atoms with Crippen molar-refractivity contribution < 1.29 is 4.79 Å². The largest absolute Gasteiger partial charge is 0.297 e. The zero-order chi connectivity index (χ0) is 14.0. The maximum absolute atomic E-state index is 12.9. The van der Waals surface area contributed by atoms with Gasteiger partial charge in [-0.05, 0) is 60.2 Å². The molecule has 0 N–H and O–H groups in total. The molecule has 0 radical (unpaired) electrons. The summed E-state index contributed by atoms with van der Waals surface area (Å²) in [5.41, 5.74) is -0.249. The fourth-order valence-corrected chi connectivity index (χ4v) is 4.69. The Kier molecular flexibility index (Phi) is 4.85. The first-order chi connectivity index (χ1) is 8.95. The maximum Gasteiger partial charge on any atom is 0.158 e. The molecule has 0 bridgehead atoms. The lowest BCUT2D eigenvalue weighted by Gasteiger charge is -2.43. The van der Waals surface area contributed by atoms with Crippen LogP contribution in [-0.2, 0) is 11.2 Å². The van der Waals surface area contributed by atoms with Crippen molar-refractivity contribution in [3.63, 3.8) is 0 Å². The second-order valence-corrected chi connectivity index (χ2v) is 7.77. The van der Waals surface area contributed by atoms with E-state index in [2.05, 4.69) is 41.8 Å². The minimum atomic E-state index is -0.249. The van der Waals surface area contributed by atoms with E-state index in [1.54, 1.807) is 11.3 Å². The molecule has 0 spiro atoms. The highest BCUT2D eigenvalue weighted by atomic mass is 79.9. The maximum atomic E-state index is 12.9.